The molecule has 11 nitrogen and oxygen atoms in total. The van der Waals surface area contributed by atoms with Crippen molar-refractivity contribution in [2.24, 2.45) is 11.5 Å². The Bertz CT molecular complexity index is 392. The van der Waals surface area contributed by atoms with E-state index < -0.39 is 32.7 Å². The third-order valence-corrected chi connectivity index (χ3v) is 6.12. The number of rotatable bonds is 8. The number of carboxylic acid groups (broad SMARTS) is 1. The van der Waals surface area contributed by atoms with Crippen LogP contribution in [-0.4, -0.2) is 61.5 Å². The zero-order valence-electron chi connectivity index (χ0n) is 12.4. The van der Waals surface area contributed by atoms with E-state index in [4.69, 9.17) is 36.1 Å². The fourth-order valence-corrected chi connectivity index (χ4v) is 3.31. The summed E-state index contributed by atoms with van der Waals surface area (Å²) < 4.78 is 21.4. The van der Waals surface area contributed by atoms with E-state index in [-0.39, 0.29) is 19.4 Å². The minimum Gasteiger partial charge on any atom is -0.481 e. The van der Waals surface area contributed by atoms with E-state index in [1.807, 2.05) is 9.12 Å². The smallest absolute Gasteiger partial charge is 0.369 e. The first-order valence-corrected chi connectivity index (χ1v) is 10.0. The van der Waals surface area contributed by atoms with Crippen molar-refractivity contribution in [3.05, 3.63) is 0 Å². The summed E-state index contributed by atoms with van der Waals surface area (Å²) in [5.74, 6) is -0.773. The maximum absolute atomic E-state index is 10.7. The first-order chi connectivity index (χ1) is 10.3. The second-order valence-electron chi connectivity index (χ2n) is 4.04. The van der Waals surface area contributed by atoms with Crippen LogP contribution >= 0.6 is 24.3 Å². The van der Waals surface area contributed by atoms with Gasteiger partial charge in [-0.1, -0.05) is 0 Å². The minimum atomic E-state index is -5.30. The Morgan fingerprint density at radius 1 is 1.00 bits per heavy atom. The quantitative estimate of drug-likeness (QED) is 0.174. The van der Waals surface area contributed by atoms with Gasteiger partial charge in [-0.2, -0.15) is 9.12 Å². The third-order valence-electron chi connectivity index (χ3n) is 2.24. The molecule has 0 aromatic rings. The van der Waals surface area contributed by atoms with Crippen molar-refractivity contribution in [2.75, 3.05) is 13.1 Å². The monoisotopic (exact) mass is 396 g/mol. The van der Waals surface area contributed by atoms with E-state index >= 15 is 0 Å². The van der Waals surface area contributed by atoms with Crippen molar-refractivity contribution in [1.82, 2.24) is 0 Å². The summed E-state index contributed by atoms with van der Waals surface area (Å²) in [6, 6.07) is 0. The van der Waals surface area contributed by atoms with Crippen molar-refractivity contribution >= 4 is 37.8 Å². The van der Waals surface area contributed by atoms with Crippen molar-refractivity contribution in [3.8, 4) is 0 Å². The van der Waals surface area contributed by atoms with Crippen LogP contribution in [0.25, 0.3) is 0 Å². The number of aliphatic hydroxyl groups is 1. The van der Waals surface area contributed by atoms with Crippen LogP contribution in [0.1, 0.15) is 25.7 Å². The highest BCUT2D eigenvalue weighted by atomic mass is 31.2. The van der Waals surface area contributed by atoms with Crippen LogP contribution in [0.15, 0.2) is 0 Å². The third kappa shape index (κ3) is 12.2. The van der Waals surface area contributed by atoms with Crippen molar-refractivity contribution in [1.29, 1.82) is 0 Å². The van der Waals surface area contributed by atoms with Crippen LogP contribution < -0.4 is 11.5 Å². The fraction of sp³-hybridized carbons (Fsp3) is 0.875. The predicted octanol–water partition coefficient (Wildman–Crippen LogP) is -1.52. The molecule has 0 aromatic carbocycles. The Hall–Kier alpha value is 0.145. The summed E-state index contributed by atoms with van der Waals surface area (Å²) in [4.78, 5) is 44.2. The molecule has 10 N–H and O–H groups in total. The van der Waals surface area contributed by atoms with Crippen LogP contribution in [0, 0.1) is 0 Å². The van der Waals surface area contributed by atoms with E-state index in [2.05, 4.69) is 7.57 Å². The summed E-state index contributed by atoms with van der Waals surface area (Å²) in [5, 5.41) is 13.9. The van der Waals surface area contributed by atoms with Gasteiger partial charge in [-0.3, -0.25) is 13.9 Å². The molecule has 0 amide bonds. The number of hydrogen-bond donors (Lipinski definition) is 8. The number of aliphatic carboxylic acids is 1. The molecule has 0 aliphatic rings. The fourth-order valence-electron chi connectivity index (χ4n) is 1.05. The summed E-state index contributed by atoms with van der Waals surface area (Å²) >= 11 is 0. The molecule has 0 saturated carbocycles. The molecule has 0 fully saturated rings. The molecule has 0 saturated heterocycles. The van der Waals surface area contributed by atoms with Crippen LogP contribution in [0.5, 0.6) is 0 Å². The lowest BCUT2D eigenvalue weighted by atomic mass is 10.3. The van der Waals surface area contributed by atoms with E-state index in [0.717, 1.165) is 0 Å². The maximum atomic E-state index is 10.7. The topological polar surface area (TPSA) is 225 Å². The summed E-state index contributed by atoms with van der Waals surface area (Å²) in [7, 11) is -4.27. The molecular weight excluding hydrogens is 372 g/mol. The highest BCUT2D eigenvalue weighted by Crippen LogP contribution is 2.69. The lowest BCUT2D eigenvalue weighted by molar-refractivity contribution is -0.137. The minimum absolute atomic E-state index is 0.0394. The molecule has 15 heteroatoms. The maximum Gasteiger partial charge on any atom is 0.369 e. The SMILES string of the molecule is NCCCC(=O)O.NCCCC(O)(P(=O)(O)O)P(=O)(O)O.[B]P. The molecule has 0 rings (SSSR count). The van der Waals surface area contributed by atoms with Gasteiger partial charge >= 0.3 is 21.2 Å². The lowest BCUT2D eigenvalue weighted by Gasteiger charge is -2.28. The molecule has 0 spiro atoms. The van der Waals surface area contributed by atoms with E-state index in [1.54, 1.807) is 0 Å². The first-order valence-electron chi connectivity index (χ1n) is 6.12. The van der Waals surface area contributed by atoms with Gasteiger partial charge in [0.1, 0.15) is 0 Å². The zero-order valence-corrected chi connectivity index (χ0v) is 15.3. The van der Waals surface area contributed by atoms with Crippen molar-refractivity contribution < 1.29 is 43.7 Å². The molecule has 2 radical (unpaired) electrons. The average Bonchev–Trinajstić information content (AvgIpc) is 2.42. The van der Waals surface area contributed by atoms with Gasteiger partial charge in [0.25, 0.3) is 5.08 Å². The van der Waals surface area contributed by atoms with Gasteiger partial charge in [-0.15, -0.1) is 0 Å². The summed E-state index contributed by atoms with van der Waals surface area (Å²) in [6.45, 7) is 0.425. The Labute approximate surface area is 137 Å². The van der Waals surface area contributed by atoms with Crippen molar-refractivity contribution in [2.45, 2.75) is 30.8 Å². The molecule has 138 valence electrons. The highest BCUT2D eigenvalue weighted by Gasteiger charge is 2.58. The summed E-state index contributed by atoms with van der Waals surface area (Å²) in [5.41, 5.74) is 10.0. The summed E-state index contributed by atoms with van der Waals surface area (Å²) in [6.07, 6.45) is -0.0867. The van der Waals surface area contributed by atoms with Crippen LogP contribution in [-0.2, 0) is 13.9 Å². The number of carboxylic acids is 1. The van der Waals surface area contributed by atoms with Gasteiger partial charge in [-0.05, 0) is 25.9 Å². The molecule has 0 heterocycles. The van der Waals surface area contributed by atoms with E-state index in [1.165, 1.54) is 0 Å². The molecule has 1 atom stereocenters. The number of hydrogen-bond acceptors (Lipinski definition) is 6. The molecule has 0 aromatic heterocycles. The van der Waals surface area contributed by atoms with Gasteiger partial charge in [0.2, 0.25) is 0 Å². The van der Waals surface area contributed by atoms with Gasteiger partial charge in [0.15, 0.2) is 0 Å². The van der Waals surface area contributed by atoms with Gasteiger partial charge in [0.05, 0.1) is 7.57 Å². The first kappa shape index (κ1) is 28.0. The molecule has 0 bridgehead atoms. The number of nitrogens with two attached hydrogens (primary N) is 2. The average molecular weight is 396 g/mol. The normalized spacial score (nSPS) is 11.7. The van der Waals surface area contributed by atoms with Crippen LogP contribution in [0.2, 0.25) is 0 Å². The van der Waals surface area contributed by atoms with E-state index in [0.29, 0.717) is 13.0 Å². The molecule has 0 aliphatic heterocycles. The Balaban J connectivity index is -0.000000373. The van der Waals surface area contributed by atoms with Crippen LogP contribution in [0.4, 0.5) is 0 Å². The number of carbonyl (C=O) groups is 1. The molecular formula is C8H24BN2O9P3. The molecule has 23 heavy (non-hydrogen) atoms. The predicted molar refractivity (Wildman–Crippen MR) is 88.7 cm³/mol. The second kappa shape index (κ2) is 13.4. The van der Waals surface area contributed by atoms with E-state index in [9.17, 15) is 19.0 Å². The van der Waals surface area contributed by atoms with Gasteiger partial charge in [-0.25, -0.2) is 0 Å². The van der Waals surface area contributed by atoms with Gasteiger partial charge in [0, 0.05) is 12.8 Å². The standard InChI is InChI=1S/C4H13NO7P2.C4H9NO2.BH2P/c5-3-1-2-4(6,13(7,8)9)14(10,11)12;5-3-1-2-4(6)7;1-2/h6H,1-3,5H2,(H2,7,8,9)(H2,10,11,12);1-3,5H2,(H,6,7);2H2. The molecule has 1 unspecified atom stereocenters. The zero-order chi connectivity index (χ0) is 19.3. The van der Waals surface area contributed by atoms with Crippen LogP contribution in [0.3, 0.4) is 0 Å². The van der Waals surface area contributed by atoms with Crippen molar-refractivity contribution in [3.63, 3.8) is 0 Å². The largest absolute Gasteiger partial charge is 0.481 e. The Morgan fingerprint density at radius 3 is 1.52 bits per heavy atom. The molecule has 0 aliphatic carbocycles. The Morgan fingerprint density at radius 2 is 1.35 bits per heavy atom. The highest BCUT2D eigenvalue weighted by molar-refractivity contribution is 7.72. The lowest BCUT2D eigenvalue weighted by Crippen LogP contribution is -2.29. The Kier molecular flexibility index (Phi) is 16.3. The van der Waals surface area contributed by atoms with Gasteiger partial charge < -0.3 is 41.3 Å². The second-order valence-corrected chi connectivity index (χ2v) is 8.05.